The number of aromatic nitrogens is 2. The van der Waals surface area contributed by atoms with E-state index in [4.69, 9.17) is 12.6 Å². The Kier molecular flexibility index (Phi) is 3.20. The lowest BCUT2D eigenvalue weighted by Gasteiger charge is -1.98. The predicted molar refractivity (Wildman–Crippen MR) is 53.9 cm³/mol. The molecule has 0 atom stereocenters. The van der Waals surface area contributed by atoms with Crippen molar-refractivity contribution < 1.29 is 13.2 Å². The highest BCUT2D eigenvalue weighted by Crippen LogP contribution is 2.00. The fourth-order valence-corrected chi connectivity index (χ4v) is 1.47. The van der Waals surface area contributed by atoms with Gasteiger partial charge in [0.2, 0.25) is 5.88 Å². The largest absolute Gasteiger partial charge is 0.480 e. The minimum atomic E-state index is -2.98. The quantitative estimate of drug-likeness (QED) is 0.586. The maximum Gasteiger partial charge on any atom is 0.225 e. The van der Waals surface area contributed by atoms with Crippen molar-refractivity contribution in [2.24, 2.45) is 0 Å². The van der Waals surface area contributed by atoms with Gasteiger partial charge in [-0.3, -0.25) is 4.68 Å². The molecule has 0 fully saturated rings. The summed E-state index contributed by atoms with van der Waals surface area (Å²) in [5.41, 5.74) is 0.404. The van der Waals surface area contributed by atoms with Crippen molar-refractivity contribution in [1.29, 1.82) is 0 Å². The normalized spacial score (nSPS) is 11.6. The van der Waals surface area contributed by atoms with Crippen LogP contribution in [-0.2, 0) is 16.4 Å². The number of sulfone groups is 1. The highest BCUT2D eigenvalue weighted by molar-refractivity contribution is 7.90. The van der Waals surface area contributed by atoms with Gasteiger partial charge >= 0.3 is 0 Å². The fraction of sp³-hybridized carbons (Fsp3) is 0.571. The monoisotopic (exact) mass is 214 g/mol. The molecule has 1 heterocycles. The number of rotatable bonds is 4. The summed E-state index contributed by atoms with van der Waals surface area (Å²) in [6.45, 7) is 0.284. The highest BCUT2D eigenvalue weighted by atomic mass is 32.2. The van der Waals surface area contributed by atoms with Crippen LogP contribution in [-0.4, -0.2) is 45.2 Å². The number of hydrogen-bond acceptors (Lipinski definition) is 4. The van der Waals surface area contributed by atoms with Crippen molar-refractivity contribution in [2.75, 3.05) is 19.1 Å². The Morgan fingerprint density at radius 1 is 1.64 bits per heavy atom. The Balaban J connectivity index is 2.69. The topological polar surface area (TPSA) is 61.2 Å². The lowest BCUT2D eigenvalue weighted by atomic mass is 10.0. The molecule has 0 aromatic carbocycles. The van der Waals surface area contributed by atoms with Crippen LogP contribution in [0.25, 0.3) is 0 Å². The third-order valence-electron chi connectivity index (χ3n) is 1.64. The van der Waals surface area contributed by atoms with Crippen LogP contribution < -0.4 is 10.2 Å². The van der Waals surface area contributed by atoms with Crippen molar-refractivity contribution in [3.63, 3.8) is 0 Å². The number of aryl methyl sites for hydroxylation is 1. The van der Waals surface area contributed by atoms with Crippen LogP contribution in [0, 0.1) is 0 Å². The van der Waals surface area contributed by atoms with E-state index in [0.29, 0.717) is 11.3 Å². The average Bonchev–Trinajstić information content (AvgIpc) is 2.42. The van der Waals surface area contributed by atoms with E-state index in [1.54, 1.807) is 6.20 Å². The molecule has 0 spiro atoms. The second-order valence-electron chi connectivity index (χ2n) is 2.99. The summed E-state index contributed by atoms with van der Waals surface area (Å²) < 4.78 is 28.0. The Morgan fingerprint density at radius 3 is 2.71 bits per heavy atom. The number of nitrogens with zero attached hydrogens (tertiary/aromatic N) is 2. The van der Waals surface area contributed by atoms with Crippen molar-refractivity contribution in [1.82, 2.24) is 9.78 Å². The Morgan fingerprint density at radius 2 is 2.29 bits per heavy atom. The molecule has 0 aliphatic heterocycles. The van der Waals surface area contributed by atoms with Crippen LogP contribution in [0.15, 0.2) is 6.20 Å². The van der Waals surface area contributed by atoms with E-state index in [1.165, 1.54) is 18.0 Å². The van der Waals surface area contributed by atoms with Gasteiger partial charge in [0.05, 0.1) is 19.4 Å². The summed E-state index contributed by atoms with van der Waals surface area (Å²) in [5, 5.41) is 3.94. The first-order chi connectivity index (χ1) is 6.42. The molecule has 14 heavy (non-hydrogen) atoms. The first kappa shape index (κ1) is 11.1. The van der Waals surface area contributed by atoms with Crippen LogP contribution >= 0.6 is 0 Å². The summed E-state index contributed by atoms with van der Waals surface area (Å²) >= 11 is 0. The second-order valence-corrected chi connectivity index (χ2v) is 5.25. The summed E-state index contributed by atoms with van der Waals surface area (Å²) in [6.07, 6.45) is 2.72. The van der Waals surface area contributed by atoms with Gasteiger partial charge in [-0.2, -0.15) is 0 Å². The maximum atomic E-state index is 10.9. The van der Waals surface area contributed by atoms with Crippen molar-refractivity contribution in [3.8, 4) is 5.88 Å². The third-order valence-corrected chi connectivity index (χ3v) is 2.56. The first-order valence-electron chi connectivity index (χ1n) is 3.97. The molecule has 1 aromatic rings. The number of ether oxygens (including phenoxy) is 1. The van der Waals surface area contributed by atoms with E-state index in [-0.39, 0.29) is 12.3 Å². The molecule has 0 aliphatic carbocycles. The molecule has 2 radical (unpaired) electrons. The van der Waals surface area contributed by atoms with Gasteiger partial charge in [0.25, 0.3) is 0 Å². The summed E-state index contributed by atoms with van der Waals surface area (Å²) in [4.78, 5) is 0. The molecule has 0 unspecified atom stereocenters. The highest BCUT2D eigenvalue weighted by Gasteiger charge is 2.06. The molecule has 0 saturated heterocycles. The van der Waals surface area contributed by atoms with Gasteiger partial charge in [0.15, 0.2) is 0 Å². The molecule has 0 N–H and O–H groups in total. The zero-order chi connectivity index (χ0) is 10.8. The van der Waals surface area contributed by atoms with Crippen LogP contribution in [0.3, 0.4) is 0 Å². The van der Waals surface area contributed by atoms with E-state index in [1.807, 2.05) is 0 Å². The minimum absolute atomic E-state index is 0.0390. The Labute approximate surface area is 84.4 Å². The zero-order valence-electron chi connectivity index (χ0n) is 8.10. The third kappa shape index (κ3) is 3.06. The predicted octanol–water partition coefficient (Wildman–Crippen LogP) is -1.27. The van der Waals surface area contributed by atoms with Crippen molar-refractivity contribution in [3.05, 3.63) is 6.20 Å². The van der Waals surface area contributed by atoms with Crippen LogP contribution in [0.4, 0.5) is 0 Å². The maximum absolute atomic E-state index is 10.9. The molecular weight excluding hydrogens is 203 g/mol. The van der Waals surface area contributed by atoms with E-state index in [0.717, 1.165) is 0 Å². The van der Waals surface area contributed by atoms with Gasteiger partial charge in [0.1, 0.15) is 17.7 Å². The van der Waals surface area contributed by atoms with Crippen molar-refractivity contribution >= 4 is 23.1 Å². The molecule has 0 aliphatic rings. The lowest BCUT2D eigenvalue weighted by molar-refractivity contribution is 0.392. The van der Waals surface area contributed by atoms with Gasteiger partial charge in [0, 0.05) is 12.5 Å². The summed E-state index contributed by atoms with van der Waals surface area (Å²) in [6, 6.07) is 0. The summed E-state index contributed by atoms with van der Waals surface area (Å²) in [5.74, 6) is 0.357. The molecule has 1 rings (SSSR count). The fourth-order valence-electron chi connectivity index (χ4n) is 0.952. The molecule has 0 amide bonds. The molecule has 1 aromatic heterocycles. The molecule has 76 valence electrons. The van der Waals surface area contributed by atoms with Gasteiger partial charge < -0.3 is 4.74 Å². The SMILES string of the molecule is [B]c1cn(CCS(C)(=O)=O)nc1OC. The molecule has 0 saturated carbocycles. The van der Waals surface area contributed by atoms with Crippen LogP contribution in [0.2, 0.25) is 0 Å². The first-order valence-corrected chi connectivity index (χ1v) is 6.03. The van der Waals surface area contributed by atoms with Gasteiger partial charge in [-0.15, -0.1) is 5.10 Å². The average molecular weight is 214 g/mol. The number of methoxy groups -OCH3 is 1. The second kappa shape index (κ2) is 4.04. The summed E-state index contributed by atoms with van der Waals surface area (Å²) in [7, 11) is 4.02. The van der Waals surface area contributed by atoms with Gasteiger partial charge in [-0.05, 0) is 5.46 Å². The Bertz CT molecular complexity index is 413. The standard InChI is InChI=1S/C7H11BN2O3S/c1-13-7-6(8)5-10(9-7)3-4-14(2,11)12/h5H,3-4H2,1-2H3. The zero-order valence-corrected chi connectivity index (χ0v) is 8.91. The van der Waals surface area contributed by atoms with Gasteiger partial charge in [-0.1, -0.05) is 0 Å². The molecule has 0 bridgehead atoms. The van der Waals surface area contributed by atoms with Gasteiger partial charge in [-0.25, -0.2) is 8.42 Å². The van der Waals surface area contributed by atoms with Crippen LogP contribution in [0.1, 0.15) is 0 Å². The van der Waals surface area contributed by atoms with E-state index >= 15 is 0 Å². The smallest absolute Gasteiger partial charge is 0.225 e. The van der Waals surface area contributed by atoms with E-state index in [9.17, 15) is 8.42 Å². The molecule has 5 nitrogen and oxygen atoms in total. The molecule has 7 heteroatoms. The Hall–Kier alpha value is -0.975. The number of hydrogen-bond donors (Lipinski definition) is 0. The molecular formula is C7H11BN2O3S. The van der Waals surface area contributed by atoms with E-state index < -0.39 is 9.84 Å². The van der Waals surface area contributed by atoms with Crippen LogP contribution in [0.5, 0.6) is 5.88 Å². The lowest BCUT2D eigenvalue weighted by Crippen LogP contribution is -2.11. The van der Waals surface area contributed by atoms with Crippen molar-refractivity contribution in [2.45, 2.75) is 6.54 Å². The minimum Gasteiger partial charge on any atom is -0.480 e. The van der Waals surface area contributed by atoms with E-state index in [2.05, 4.69) is 5.10 Å².